The fourth-order valence-corrected chi connectivity index (χ4v) is 7.74. The number of aromatic amines is 1. The molecular weight excluding hydrogens is 681 g/mol. The average Bonchev–Trinajstić information content (AvgIpc) is 4.04. The van der Waals surface area contributed by atoms with E-state index in [9.17, 15) is 19.5 Å². The average molecular weight is 721 g/mol. The van der Waals surface area contributed by atoms with Gasteiger partial charge >= 0.3 is 6.09 Å². The normalized spacial score (nSPS) is 17.4. The van der Waals surface area contributed by atoms with Gasteiger partial charge in [-0.05, 0) is 77.8 Å². The highest BCUT2D eigenvalue weighted by atomic mass is 16.4. The lowest BCUT2D eigenvalue weighted by Crippen LogP contribution is -2.42. The molecule has 5 heterocycles. The summed E-state index contributed by atoms with van der Waals surface area (Å²) in [7, 11) is 0. The zero-order valence-electron chi connectivity index (χ0n) is 29.6. The molecule has 0 aliphatic carbocycles. The number of amides is 3. The maximum Gasteiger partial charge on any atom is 0.405 e. The molecule has 2 saturated heterocycles. The Morgan fingerprint density at radius 3 is 2.17 bits per heavy atom. The molecule has 0 spiro atoms. The number of benzene rings is 3. The van der Waals surface area contributed by atoms with Crippen LogP contribution < -0.4 is 5.32 Å². The van der Waals surface area contributed by atoms with E-state index in [1.165, 1.54) is 0 Å². The van der Waals surface area contributed by atoms with E-state index in [-0.39, 0.29) is 23.9 Å². The van der Waals surface area contributed by atoms with Crippen LogP contribution in [0.3, 0.4) is 0 Å². The molecule has 2 fully saturated rings. The molecule has 0 bridgehead atoms. The lowest BCUT2D eigenvalue weighted by atomic mass is 10.0. The van der Waals surface area contributed by atoms with E-state index in [0.717, 1.165) is 77.5 Å². The van der Waals surface area contributed by atoms with Crippen LogP contribution in [0.15, 0.2) is 122 Å². The number of likely N-dealkylation sites (tertiary alicyclic amines) is 2. The van der Waals surface area contributed by atoms with Crippen LogP contribution in [-0.2, 0) is 16.0 Å². The van der Waals surface area contributed by atoms with Crippen LogP contribution in [0.4, 0.5) is 4.79 Å². The molecular formula is C42H40N8O4. The van der Waals surface area contributed by atoms with Crippen molar-refractivity contribution in [2.45, 2.75) is 50.2 Å². The number of carbonyl (C=O) groups is 3. The van der Waals surface area contributed by atoms with Gasteiger partial charge in [-0.3, -0.25) is 14.6 Å². The Morgan fingerprint density at radius 2 is 1.44 bits per heavy atom. The molecule has 0 unspecified atom stereocenters. The summed E-state index contributed by atoms with van der Waals surface area (Å²) in [6.45, 7) is 1.24. The topological polar surface area (TPSA) is 149 Å². The van der Waals surface area contributed by atoms with E-state index < -0.39 is 12.1 Å². The number of nitrogens with zero attached hydrogens (tertiary/aromatic N) is 6. The molecule has 54 heavy (non-hydrogen) atoms. The Labute approximate surface area is 312 Å². The van der Waals surface area contributed by atoms with Crippen molar-refractivity contribution in [3.63, 3.8) is 0 Å². The van der Waals surface area contributed by atoms with E-state index in [1.54, 1.807) is 47.8 Å². The third kappa shape index (κ3) is 7.10. The molecule has 2 aliphatic rings. The van der Waals surface area contributed by atoms with Crippen molar-refractivity contribution in [2.75, 3.05) is 13.1 Å². The van der Waals surface area contributed by atoms with E-state index in [0.29, 0.717) is 18.5 Å². The number of imidazole rings is 2. The molecule has 8 rings (SSSR count). The summed E-state index contributed by atoms with van der Waals surface area (Å²) < 4.78 is 2.00. The second kappa shape index (κ2) is 15.2. The predicted octanol–water partition coefficient (Wildman–Crippen LogP) is 6.90. The van der Waals surface area contributed by atoms with Crippen LogP contribution in [0.1, 0.15) is 66.6 Å². The maximum absolute atomic E-state index is 13.8. The Morgan fingerprint density at radius 1 is 0.778 bits per heavy atom. The summed E-state index contributed by atoms with van der Waals surface area (Å²) in [6.07, 6.45) is 11.3. The smallest absolute Gasteiger partial charge is 0.405 e. The van der Waals surface area contributed by atoms with Crippen molar-refractivity contribution >= 4 is 17.9 Å². The lowest BCUT2D eigenvalue weighted by Gasteiger charge is -2.29. The monoisotopic (exact) mass is 720 g/mol. The minimum atomic E-state index is -1.25. The standard InChI is InChI=1S/C42H40N8O4/c51-37(26-28-18-20-43-21-19-28)49-23-4-8-35(49)39-45-27-34(46-39)31-12-10-29(11-13-31)30-14-16-33(17-15-30)48-25-22-44-40(48)36-9-5-24-50(36)41(52)38(47-42(53)54)32-6-2-1-3-7-32/h1-3,6-7,10-22,25,27,35-36,38,47H,4-5,8-9,23-24,26H2,(H,45,46)(H,53,54)/t35-,36-,38+/m0/s1. The van der Waals surface area contributed by atoms with Gasteiger partial charge < -0.3 is 29.8 Å². The minimum absolute atomic E-state index is 0.0701. The molecule has 12 nitrogen and oxygen atoms in total. The SMILES string of the molecule is O=C(O)N[C@@H](C(=O)N1CCC[C@H]1c1nccn1-c1ccc(-c2ccc(-c3cnc([C@@H]4CCCN4C(=O)Cc4ccncc4)[nH]3)cc2)cc1)c1ccccc1. The summed E-state index contributed by atoms with van der Waals surface area (Å²) in [5, 5.41) is 12.0. The molecule has 0 radical (unpaired) electrons. The van der Waals surface area contributed by atoms with Crippen LogP contribution in [0.5, 0.6) is 0 Å². The first kappa shape index (κ1) is 34.5. The van der Waals surface area contributed by atoms with E-state index in [2.05, 4.69) is 56.7 Å². The van der Waals surface area contributed by atoms with Crippen molar-refractivity contribution < 1.29 is 19.5 Å². The molecule has 0 saturated carbocycles. The Bertz CT molecular complexity index is 2240. The Balaban J connectivity index is 0.950. The zero-order valence-corrected chi connectivity index (χ0v) is 29.6. The van der Waals surface area contributed by atoms with Gasteiger partial charge in [0.15, 0.2) is 0 Å². The highest BCUT2D eigenvalue weighted by Gasteiger charge is 2.37. The van der Waals surface area contributed by atoms with Crippen molar-refractivity contribution in [1.82, 2.24) is 39.6 Å². The van der Waals surface area contributed by atoms with Crippen LogP contribution in [-0.4, -0.2) is 70.4 Å². The number of hydrogen-bond donors (Lipinski definition) is 3. The molecule has 3 N–H and O–H groups in total. The van der Waals surface area contributed by atoms with Crippen LogP contribution in [0.25, 0.3) is 28.1 Å². The molecule has 2 aliphatic heterocycles. The zero-order chi connectivity index (χ0) is 37.0. The number of aromatic nitrogens is 5. The highest BCUT2D eigenvalue weighted by Crippen LogP contribution is 2.36. The van der Waals surface area contributed by atoms with Crippen LogP contribution >= 0.6 is 0 Å². The number of pyridine rings is 1. The molecule has 3 amide bonds. The summed E-state index contributed by atoms with van der Waals surface area (Å²) >= 11 is 0. The van der Waals surface area contributed by atoms with E-state index >= 15 is 0 Å². The highest BCUT2D eigenvalue weighted by molar-refractivity contribution is 5.87. The summed E-state index contributed by atoms with van der Waals surface area (Å²) in [5.74, 6) is 1.35. The molecule has 6 aromatic rings. The van der Waals surface area contributed by atoms with E-state index in [4.69, 9.17) is 4.98 Å². The number of rotatable bonds is 10. The Hall–Kier alpha value is -6.56. The van der Waals surface area contributed by atoms with Crippen molar-refractivity contribution in [2.24, 2.45) is 0 Å². The molecule has 3 aromatic heterocycles. The van der Waals surface area contributed by atoms with Crippen LogP contribution in [0.2, 0.25) is 0 Å². The van der Waals surface area contributed by atoms with Gasteiger partial charge in [0.05, 0.1) is 30.4 Å². The van der Waals surface area contributed by atoms with Gasteiger partial charge in [0.1, 0.15) is 17.7 Å². The summed E-state index contributed by atoms with van der Waals surface area (Å²) in [5.41, 5.74) is 6.49. The Kier molecular flexibility index (Phi) is 9.71. The maximum atomic E-state index is 13.8. The van der Waals surface area contributed by atoms with Crippen molar-refractivity contribution in [1.29, 1.82) is 0 Å². The first-order valence-corrected chi connectivity index (χ1v) is 18.3. The second-order valence-electron chi connectivity index (χ2n) is 13.7. The fourth-order valence-electron chi connectivity index (χ4n) is 7.74. The van der Waals surface area contributed by atoms with Crippen molar-refractivity contribution in [3.05, 3.63) is 145 Å². The van der Waals surface area contributed by atoms with Crippen LogP contribution in [0, 0.1) is 0 Å². The van der Waals surface area contributed by atoms with Gasteiger partial charge in [-0.2, -0.15) is 0 Å². The molecule has 12 heteroatoms. The molecule has 3 atom stereocenters. The van der Waals surface area contributed by atoms with Crippen molar-refractivity contribution in [3.8, 4) is 28.1 Å². The van der Waals surface area contributed by atoms with E-state index in [1.807, 2.05) is 52.2 Å². The van der Waals surface area contributed by atoms with Gasteiger partial charge in [-0.25, -0.2) is 14.8 Å². The number of carboxylic acid groups (broad SMARTS) is 1. The summed E-state index contributed by atoms with van der Waals surface area (Å²) in [6, 6.07) is 27.9. The quantitative estimate of drug-likeness (QED) is 0.139. The largest absolute Gasteiger partial charge is 0.465 e. The molecule has 3 aromatic carbocycles. The number of carbonyl (C=O) groups excluding carboxylic acids is 2. The van der Waals surface area contributed by atoms with Gasteiger partial charge in [0, 0.05) is 43.6 Å². The predicted molar refractivity (Wildman–Crippen MR) is 202 cm³/mol. The first-order chi connectivity index (χ1) is 26.4. The summed E-state index contributed by atoms with van der Waals surface area (Å²) in [4.78, 5) is 59.3. The lowest BCUT2D eigenvalue weighted by molar-refractivity contribution is -0.134. The van der Waals surface area contributed by atoms with Gasteiger partial charge in [-0.1, -0.05) is 66.7 Å². The first-order valence-electron chi connectivity index (χ1n) is 18.3. The third-order valence-corrected chi connectivity index (χ3v) is 10.4. The third-order valence-electron chi connectivity index (χ3n) is 10.4. The van der Waals surface area contributed by atoms with Gasteiger partial charge in [-0.15, -0.1) is 0 Å². The second-order valence-corrected chi connectivity index (χ2v) is 13.7. The van der Waals surface area contributed by atoms with Gasteiger partial charge in [0.25, 0.3) is 5.91 Å². The minimum Gasteiger partial charge on any atom is -0.465 e. The number of hydrogen-bond acceptors (Lipinski definition) is 6. The number of H-pyrrole nitrogens is 1. The van der Waals surface area contributed by atoms with Gasteiger partial charge in [0.2, 0.25) is 5.91 Å². The fraction of sp³-hybridized carbons (Fsp3) is 0.238. The molecule has 272 valence electrons. The number of nitrogens with one attached hydrogen (secondary N) is 2.